The molecule has 0 aliphatic heterocycles. The number of sulfonamides is 1. The summed E-state index contributed by atoms with van der Waals surface area (Å²) in [5, 5.41) is 15.6. The first-order chi connectivity index (χ1) is 7.22. The number of nitrogens with one attached hydrogen (secondary N) is 1. The van der Waals surface area contributed by atoms with Crippen LogP contribution >= 0.6 is 0 Å². The molecule has 0 amide bonds. The number of carboxylic acid groups (broad SMARTS) is 1. The van der Waals surface area contributed by atoms with Gasteiger partial charge in [-0.15, -0.1) is 0 Å². The summed E-state index contributed by atoms with van der Waals surface area (Å²) >= 11 is 0. The van der Waals surface area contributed by atoms with E-state index in [1.165, 1.54) is 0 Å². The zero-order valence-corrected chi connectivity index (χ0v) is 9.52. The molecule has 3 N–H and O–H groups in total. The van der Waals surface area contributed by atoms with Gasteiger partial charge in [-0.2, -0.15) is 0 Å². The SMILES string of the molecule is COC(=O)C(C)S(=O)(=O)NCC(O)C(=O)O. The van der Waals surface area contributed by atoms with Crippen molar-refractivity contribution in [2.45, 2.75) is 18.3 Å². The fourth-order valence-corrected chi connectivity index (χ4v) is 1.69. The van der Waals surface area contributed by atoms with E-state index in [0.29, 0.717) is 0 Å². The van der Waals surface area contributed by atoms with Crippen LogP contribution in [0.1, 0.15) is 6.92 Å². The van der Waals surface area contributed by atoms with Gasteiger partial charge in [0.15, 0.2) is 11.4 Å². The van der Waals surface area contributed by atoms with Crippen molar-refractivity contribution < 1.29 is 33.0 Å². The number of methoxy groups -OCH3 is 1. The lowest BCUT2D eigenvalue weighted by molar-refractivity contribution is -0.146. The Bertz CT molecular complexity index is 363. The number of carbonyl (C=O) groups excluding carboxylic acids is 1. The van der Waals surface area contributed by atoms with Crippen molar-refractivity contribution >= 4 is 22.0 Å². The highest BCUT2D eigenvalue weighted by molar-refractivity contribution is 7.90. The third-order valence-corrected chi connectivity index (χ3v) is 3.45. The van der Waals surface area contributed by atoms with Gasteiger partial charge in [-0.05, 0) is 6.92 Å². The van der Waals surface area contributed by atoms with E-state index in [2.05, 4.69) is 4.74 Å². The zero-order chi connectivity index (χ0) is 12.9. The maximum atomic E-state index is 11.3. The largest absolute Gasteiger partial charge is 0.479 e. The third-order valence-electron chi connectivity index (χ3n) is 1.76. The van der Waals surface area contributed by atoms with Crippen molar-refractivity contribution in [3.05, 3.63) is 0 Å². The summed E-state index contributed by atoms with van der Waals surface area (Å²) in [7, 11) is -3.02. The lowest BCUT2D eigenvalue weighted by atomic mass is 10.4. The summed E-state index contributed by atoms with van der Waals surface area (Å²) in [6.07, 6.45) is -1.86. The number of esters is 1. The molecule has 0 fully saturated rings. The summed E-state index contributed by atoms with van der Waals surface area (Å²) in [5.41, 5.74) is 0. The van der Waals surface area contributed by atoms with Crippen LogP contribution in [0.3, 0.4) is 0 Å². The second kappa shape index (κ2) is 5.77. The summed E-state index contributed by atoms with van der Waals surface area (Å²) < 4.78 is 28.7. The van der Waals surface area contributed by atoms with E-state index >= 15 is 0 Å². The first kappa shape index (κ1) is 14.8. The molecule has 2 atom stereocenters. The van der Waals surface area contributed by atoms with Crippen LogP contribution in [0.25, 0.3) is 0 Å². The van der Waals surface area contributed by atoms with Gasteiger partial charge in [-0.1, -0.05) is 0 Å². The summed E-state index contributed by atoms with van der Waals surface area (Å²) in [4.78, 5) is 21.1. The number of aliphatic hydroxyl groups excluding tert-OH is 1. The molecule has 0 aromatic rings. The van der Waals surface area contributed by atoms with E-state index in [1.54, 1.807) is 4.72 Å². The minimum Gasteiger partial charge on any atom is -0.479 e. The Hall–Kier alpha value is -1.19. The van der Waals surface area contributed by atoms with E-state index in [4.69, 9.17) is 10.2 Å². The van der Waals surface area contributed by atoms with Crippen LogP contribution in [0.5, 0.6) is 0 Å². The lowest BCUT2D eigenvalue weighted by Crippen LogP contribution is -2.43. The molecular formula is C7H13NO7S. The molecule has 0 aromatic carbocycles. The number of ether oxygens (including phenoxy) is 1. The van der Waals surface area contributed by atoms with Crippen LogP contribution in [0.2, 0.25) is 0 Å². The molecular weight excluding hydrogens is 242 g/mol. The van der Waals surface area contributed by atoms with Gasteiger partial charge >= 0.3 is 11.9 Å². The summed E-state index contributed by atoms with van der Waals surface area (Å²) in [6, 6.07) is 0. The first-order valence-corrected chi connectivity index (χ1v) is 5.74. The van der Waals surface area contributed by atoms with Gasteiger partial charge in [0.1, 0.15) is 0 Å². The van der Waals surface area contributed by atoms with Crippen molar-refractivity contribution in [1.29, 1.82) is 0 Å². The number of aliphatic carboxylic acids is 1. The Balaban J connectivity index is 4.48. The molecule has 0 saturated heterocycles. The molecule has 0 heterocycles. The van der Waals surface area contributed by atoms with Crippen LogP contribution in [0.4, 0.5) is 0 Å². The van der Waals surface area contributed by atoms with E-state index in [0.717, 1.165) is 14.0 Å². The third kappa shape index (κ3) is 4.13. The molecule has 0 aliphatic carbocycles. The predicted molar refractivity (Wildman–Crippen MR) is 52.0 cm³/mol. The Morgan fingerprint density at radius 3 is 2.31 bits per heavy atom. The normalized spacial score (nSPS) is 15.2. The molecule has 16 heavy (non-hydrogen) atoms. The van der Waals surface area contributed by atoms with Crippen LogP contribution in [-0.2, 0) is 24.3 Å². The van der Waals surface area contributed by atoms with Gasteiger partial charge in [0.05, 0.1) is 7.11 Å². The smallest absolute Gasteiger partial charge is 0.333 e. The lowest BCUT2D eigenvalue weighted by Gasteiger charge is -2.12. The topological polar surface area (TPSA) is 130 Å². The van der Waals surface area contributed by atoms with Crippen molar-refractivity contribution in [2.75, 3.05) is 13.7 Å². The van der Waals surface area contributed by atoms with E-state index < -0.39 is 39.9 Å². The zero-order valence-electron chi connectivity index (χ0n) is 8.71. The highest BCUT2D eigenvalue weighted by Crippen LogP contribution is 2.00. The highest BCUT2D eigenvalue weighted by atomic mass is 32.2. The van der Waals surface area contributed by atoms with Crippen LogP contribution < -0.4 is 4.72 Å². The van der Waals surface area contributed by atoms with Gasteiger partial charge in [-0.3, -0.25) is 4.79 Å². The average Bonchev–Trinajstić information content (AvgIpc) is 2.23. The minimum atomic E-state index is -4.05. The summed E-state index contributed by atoms with van der Waals surface area (Å²) in [5.74, 6) is -2.54. The number of aliphatic hydroxyl groups is 1. The van der Waals surface area contributed by atoms with Gasteiger partial charge in [0.2, 0.25) is 10.0 Å². The highest BCUT2D eigenvalue weighted by Gasteiger charge is 2.29. The maximum absolute atomic E-state index is 11.3. The van der Waals surface area contributed by atoms with Crippen molar-refractivity contribution in [1.82, 2.24) is 4.72 Å². The number of rotatable bonds is 6. The minimum absolute atomic E-state index is 0.709. The molecule has 2 unspecified atom stereocenters. The van der Waals surface area contributed by atoms with Gasteiger partial charge in [0.25, 0.3) is 0 Å². The second-order valence-corrected chi connectivity index (χ2v) is 5.00. The van der Waals surface area contributed by atoms with Crippen LogP contribution in [0.15, 0.2) is 0 Å². The summed E-state index contributed by atoms with van der Waals surface area (Å²) in [6.45, 7) is 0.375. The fraction of sp³-hybridized carbons (Fsp3) is 0.714. The van der Waals surface area contributed by atoms with Crippen LogP contribution in [-0.4, -0.2) is 55.6 Å². The van der Waals surface area contributed by atoms with E-state index in [9.17, 15) is 18.0 Å². The van der Waals surface area contributed by atoms with Gasteiger partial charge in [-0.25, -0.2) is 17.9 Å². The van der Waals surface area contributed by atoms with Crippen molar-refractivity contribution in [2.24, 2.45) is 0 Å². The van der Waals surface area contributed by atoms with Crippen molar-refractivity contribution in [3.8, 4) is 0 Å². The molecule has 0 rings (SSSR count). The first-order valence-electron chi connectivity index (χ1n) is 4.19. The average molecular weight is 255 g/mol. The monoisotopic (exact) mass is 255 g/mol. The van der Waals surface area contributed by atoms with Gasteiger partial charge < -0.3 is 14.9 Å². The van der Waals surface area contributed by atoms with E-state index in [1.807, 2.05) is 0 Å². The Labute approximate surface area is 92.3 Å². The molecule has 0 aliphatic rings. The quantitative estimate of drug-likeness (QED) is 0.464. The van der Waals surface area contributed by atoms with Crippen molar-refractivity contribution in [3.63, 3.8) is 0 Å². The number of carbonyl (C=O) groups is 2. The molecule has 9 heteroatoms. The maximum Gasteiger partial charge on any atom is 0.333 e. The molecule has 0 aromatic heterocycles. The second-order valence-electron chi connectivity index (χ2n) is 2.91. The molecule has 0 radical (unpaired) electrons. The molecule has 0 spiro atoms. The number of hydrogen-bond donors (Lipinski definition) is 3. The molecule has 8 nitrogen and oxygen atoms in total. The van der Waals surface area contributed by atoms with E-state index in [-0.39, 0.29) is 0 Å². The standard InChI is InChI=1S/C7H13NO7S/c1-4(7(12)15-2)16(13,14)8-3-5(9)6(10)11/h4-5,8-9H,3H2,1-2H3,(H,10,11). The Morgan fingerprint density at radius 1 is 1.44 bits per heavy atom. The Kier molecular flexibility index (Phi) is 5.35. The number of hydrogen-bond acceptors (Lipinski definition) is 6. The predicted octanol–water partition coefficient (Wildman–Crippen LogP) is -2.09. The Morgan fingerprint density at radius 2 is 1.94 bits per heavy atom. The van der Waals surface area contributed by atoms with Crippen LogP contribution in [0, 0.1) is 0 Å². The van der Waals surface area contributed by atoms with Gasteiger partial charge in [0, 0.05) is 6.54 Å². The molecule has 0 saturated carbocycles. The molecule has 94 valence electrons. The number of carboxylic acids is 1. The fourth-order valence-electron chi connectivity index (χ4n) is 0.700. The molecule has 0 bridgehead atoms.